The molecule has 45 heavy (non-hydrogen) atoms. The molecule has 2 atom stereocenters. The maximum atomic E-state index is 13.4. The number of ether oxygens (including phenoxy) is 2. The Labute approximate surface area is 267 Å². The van der Waals surface area contributed by atoms with Gasteiger partial charge in [-0.05, 0) is 60.2 Å². The average Bonchev–Trinajstić information content (AvgIpc) is 3.45. The van der Waals surface area contributed by atoms with E-state index in [-0.39, 0.29) is 35.6 Å². The SMILES string of the molecule is CCC(CC)CNS(=O)(=O)c1cccc(OC[C@@H](O)CNC2COC3(CCN(S(=O)(=O)c4ccc5ccccc5c4)CC3)C2)c1. The zero-order valence-electron chi connectivity index (χ0n) is 26.0. The van der Waals surface area contributed by atoms with Crippen molar-refractivity contribution in [3.05, 3.63) is 66.7 Å². The van der Waals surface area contributed by atoms with Crippen LogP contribution in [0.2, 0.25) is 0 Å². The Hall–Kier alpha value is -2.58. The number of piperidine rings is 1. The Balaban J connectivity index is 1.06. The van der Waals surface area contributed by atoms with Gasteiger partial charge >= 0.3 is 0 Å². The molecule has 0 aromatic heterocycles. The summed E-state index contributed by atoms with van der Waals surface area (Å²) >= 11 is 0. The quantitative estimate of drug-likeness (QED) is 0.237. The minimum absolute atomic E-state index is 0.00200. The predicted octanol–water partition coefficient (Wildman–Crippen LogP) is 3.90. The van der Waals surface area contributed by atoms with Crippen molar-refractivity contribution < 1.29 is 31.4 Å². The highest BCUT2D eigenvalue weighted by molar-refractivity contribution is 7.89. The number of hydrogen-bond acceptors (Lipinski definition) is 8. The number of benzene rings is 3. The van der Waals surface area contributed by atoms with Gasteiger partial charge in [-0.2, -0.15) is 4.31 Å². The second kappa shape index (κ2) is 14.5. The van der Waals surface area contributed by atoms with E-state index in [4.69, 9.17) is 9.47 Å². The maximum absolute atomic E-state index is 13.4. The molecule has 2 fully saturated rings. The van der Waals surface area contributed by atoms with Gasteiger partial charge in [0.15, 0.2) is 0 Å². The Kier molecular flexibility index (Phi) is 10.8. The summed E-state index contributed by atoms with van der Waals surface area (Å²) in [5.74, 6) is 0.653. The molecule has 3 N–H and O–H groups in total. The number of aliphatic hydroxyl groups is 1. The van der Waals surface area contributed by atoms with Crippen LogP contribution in [0.15, 0.2) is 76.5 Å². The van der Waals surface area contributed by atoms with Crippen LogP contribution in [0.5, 0.6) is 5.75 Å². The zero-order chi connectivity index (χ0) is 32.1. The third-order valence-corrected chi connectivity index (χ3v) is 12.4. The van der Waals surface area contributed by atoms with E-state index in [0.29, 0.717) is 49.7 Å². The van der Waals surface area contributed by atoms with Crippen molar-refractivity contribution in [2.45, 2.75) is 73.5 Å². The van der Waals surface area contributed by atoms with Gasteiger partial charge in [0.25, 0.3) is 0 Å². The van der Waals surface area contributed by atoms with E-state index < -0.39 is 26.2 Å². The molecule has 3 aromatic rings. The molecule has 10 nitrogen and oxygen atoms in total. The minimum atomic E-state index is -3.66. The van der Waals surface area contributed by atoms with Gasteiger partial charge in [-0.25, -0.2) is 21.6 Å². The first kappa shape index (κ1) is 33.8. The van der Waals surface area contributed by atoms with E-state index in [1.807, 2.05) is 44.2 Å². The topological polar surface area (TPSA) is 134 Å². The standard InChI is InChI=1S/C33H45N3O7S2/c1-3-25(4-2)21-35-44(38,39)31-11-7-10-30(19-31)42-24-29(37)22-34-28-20-33(43-23-28)14-16-36(17-15-33)45(40,41)32-13-12-26-8-5-6-9-27(26)18-32/h5-13,18-19,25,28-29,34-35,37H,3-4,14-17,20-24H2,1-2H3/t28?,29-/m0/s1. The van der Waals surface area contributed by atoms with Crippen molar-refractivity contribution in [1.82, 2.24) is 14.3 Å². The molecule has 1 spiro atoms. The first-order valence-corrected chi connectivity index (χ1v) is 18.7. The van der Waals surface area contributed by atoms with E-state index in [9.17, 15) is 21.9 Å². The smallest absolute Gasteiger partial charge is 0.243 e. The van der Waals surface area contributed by atoms with Crippen LogP contribution in [0.1, 0.15) is 46.0 Å². The number of rotatable bonds is 14. The molecule has 12 heteroatoms. The van der Waals surface area contributed by atoms with Crippen molar-refractivity contribution in [2.24, 2.45) is 5.92 Å². The van der Waals surface area contributed by atoms with Crippen molar-refractivity contribution in [1.29, 1.82) is 0 Å². The maximum Gasteiger partial charge on any atom is 0.243 e. The highest BCUT2D eigenvalue weighted by Crippen LogP contribution is 2.37. The fourth-order valence-corrected chi connectivity index (χ4v) is 8.74. The van der Waals surface area contributed by atoms with Gasteiger partial charge in [-0.1, -0.05) is 63.1 Å². The van der Waals surface area contributed by atoms with Crippen molar-refractivity contribution in [3.8, 4) is 5.75 Å². The van der Waals surface area contributed by atoms with E-state index >= 15 is 0 Å². The molecule has 2 heterocycles. The van der Waals surface area contributed by atoms with E-state index in [1.54, 1.807) is 28.6 Å². The molecule has 0 aliphatic carbocycles. The summed E-state index contributed by atoms with van der Waals surface area (Å²) in [5.41, 5.74) is -0.386. The molecule has 0 bridgehead atoms. The van der Waals surface area contributed by atoms with Crippen LogP contribution in [0.4, 0.5) is 0 Å². The first-order valence-electron chi connectivity index (χ1n) is 15.8. The summed E-state index contributed by atoms with van der Waals surface area (Å²) in [4.78, 5) is 0.436. The monoisotopic (exact) mass is 659 g/mol. The summed E-state index contributed by atoms with van der Waals surface area (Å²) in [6, 6.07) is 19.3. The van der Waals surface area contributed by atoms with Crippen LogP contribution in [0.3, 0.4) is 0 Å². The number of fused-ring (bicyclic) bond motifs is 1. The third kappa shape index (κ3) is 8.23. The van der Waals surface area contributed by atoms with Crippen molar-refractivity contribution in [3.63, 3.8) is 0 Å². The molecule has 1 unspecified atom stereocenters. The lowest BCUT2D eigenvalue weighted by molar-refractivity contribution is -0.0312. The van der Waals surface area contributed by atoms with Gasteiger partial charge < -0.3 is 19.9 Å². The fourth-order valence-electron chi connectivity index (χ4n) is 6.11. The lowest BCUT2D eigenvalue weighted by atomic mass is 9.88. The lowest BCUT2D eigenvalue weighted by Gasteiger charge is -2.38. The Morgan fingerprint density at radius 2 is 1.67 bits per heavy atom. The van der Waals surface area contributed by atoms with Crippen LogP contribution < -0.4 is 14.8 Å². The fraction of sp³-hybridized carbons (Fsp3) is 0.515. The summed E-state index contributed by atoms with van der Waals surface area (Å²) in [6.07, 6.45) is 2.93. The van der Waals surface area contributed by atoms with Crippen molar-refractivity contribution >= 4 is 30.8 Å². The Morgan fingerprint density at radius 1 is 0.933 bits per heavy atom. The molecule has 0 radical (unpaired) electrons. The number of sulfonamides is 2. The summed E-state index contributed by atoms with van der Waals surface area (Å²) in [6.45, 7) is 6.01. The molecule has 246 valence electrons. The molecule has 2 saturated heterocycles. The molecular weight excluding hydrogens is 615 g/mol. The average molecular weight is 660 g/mol. The predicted molar refractivity (Wildman–Crippen MR) is 174 cm³/mol. The number of nitrogens with one attached hydrogen (secondary N) is 2. The van der Waals surface area contributed by atoms with E-state index in [0.717, 1.165) is 30.0 Å². The first-order chi connectivity index (χ1) is 21.5. The summed E-state index contributed by atoms with van der Waals surface area (Å²) in [7, 11) is -7.27. The van der Waals surface area contributed by atoms with Crippen LogP contribution >= 0.6 is 0 Å². The highest BCUT2D eigenvalue weighted by atomic mass is 32.2. The summed E-state index contributed by atoms with van der Waals surface area (Å²) in [5, 5.41) is 15.8. The van der Waals surface area contributed by atoms with Gasteiger partial charge in [0, 0.05) is 38.3 Å². The normalized spacial score (nSPS) is 19.8. The van der Waals surface area contributed by atoms with Gasteiger partial charge in [0.1, 0.15) is 18.5 Å². The lowest BCUT2D eigenvalue weighted by Crippen LogP contribution is -2.47. The van der Waals surface area contributed by atoms with Gasteiger partial charge in [-0.15, -0.1) is 0 Å². The number of hydrogen-bond donors (Lipinski definition) is 3. The second-order valence-electron chi connectivity index (χ2n) is 12.2. The van der Waals surface area contributed by atoms with Gasteiger partial charge in [0.2, 0.25) is 20.0 Å². The third-order valence-electron chi connectivity index (χ3n) is 9.12. The molecule has 2 aliphatic heterocycles. The Morgan fingerprint density at radius 3 is 2.40 bits per heavy atom. The molecule has 0 amide bonds. The van der Waals surface area contributed by atoms with E-state index in [1.165, 1.54) is 12.1 Å². The van der Waals surface area contributed by atoms with E-state index in [2.05, 4.69) is 10.0 Å². The Bertz CT molecular complexity index is 1650. The highest BCUT2D eigenvalue weighted by Gasteiger charge is 2.44. The summed E-state index contributed by atoms with van der Waals surface area (Å²) < 4.78 is 68.4. The molecule has 0 saturated carbocycles. The van der Waals surface area contributed by atoms with Crippen LogP contribution in [-0.2, 0) is 24.8 Å². The zero-order valence-corrected chi connectivity index (χ0v) is 27.7. The van der Waals surface area contributed by atoms with Crippen LogP contribution in [0, 0.1) is 5.92 Å². The minimum Gasteiger partial charge on any atom is -0.491 e. The number of nitrogens with zero attached hydrogens (tertiary/aromatic N) is 1. The molecule has 5 rings (SSSR count). The van der Waals surface area contributed by atoms with Crippen LogP contribution in [0.25, 0.3) is 10.8 Å². The number of aliphatic hydroxyl groups excluding tert-OH is 1. The molecular formula is C33H45N3O7S2. The molecule has 3 aromatic carbocycles. The van der Waals surface area contributed by atoms with Crippen LogP contribution in [-0.4, -0.2) is 83.4 Å². The van der Waals surface area contributed by atoms with Crippen molar-refractivity contribution in [2.75, 3.05) is 39.4 Å². The molecule has 2 aliphatic rings. The van der Waals surface area contributed by atoms with Gasteiger partial charge in [-0.3, -0.25) is 0 Å². The largest absolute Gasteiger partial charge is 0.491 e. The second-order valence-corrected chi connectivity index (χ2v) is 15.9. The van der Waals surface area contributed by atoms with Gasteiger partial charge in [0.05, 0.1) is 22.0 Å².